The highest BCUT2D eigenvalue weighted by molar-refractivity contribution is 6.75. The van der Waals surface area contributed by atoms with Crippen molar-refractivity contribution in [3.05, 3.63) is 35.4 Å². The van der Waals surface area contributed by atoms with Gasteiger partial charge in [0.1, 0.15) is 0 Å². The first kappa shape index (κ1) is 11.2. The van der Waals surface area contributed by atoms with Gasteiger partial charge in [-0.05, 0) is 35.7 Å². The normalized spacial score (nSPS) is 19.8. The number of hydrogen-bond donors (Lipinski definition) is 0. The third kappa shape index (κ3) is 2.24. The Labute approximate surface area is 105 Å². The fourth-order valence-electron chi connectivity index (χ4n) is 2.81. The van der Waals surface area contributed by atoms with Crippen LogP contribution < -0.4 is 0 Å². The lowest BCUT2D eigenvalue weighted by Gasteiger charge is -2.29. The molecule has 0 amide bonds. The van der Waals surface area contributed by atoms with Crippen LogP contribution in [0, 0.1) is 0 Å². The zero-order valence-electron chi connectivity index (χ0n) is 10.4. The Morgan fingerprint density at radius 2 is 1.88 bits per heavy atom. The first-order valence-electron chi connectivity index (χ1n) is 6.66. The van der Waals surface area contributed by atoms with Gasteiger partial charge in [-0.15, -0.1) is 0 Å². The number of hydrogen-bond acceptors (Lipinski definition) is 1. The van der Waals surface area contributed by atoms with E-state index in [2.05, 4.69) is 36.9 Å². The van der Waals surface area contributed by atoms with Crippen LogP contribution in [0.2, 0.25) is 6.55 Å². The predicted octanol–water partition coefficient (Wildman–Crippen LogP) is 4.05. The van der Waals surface area contributed by atoms with Gasteiger partial charge in [0.2, 0.25) is 9.04 Å². The van der Waals surface area contributed by atoms with E-state index in [9.17, 15) is 0 Å². The first-order chi connectivity index (χ1) is 8.34. The van der Waals surface area contributed by atoms with E-state index in [1.807, 2.05) is 0 Å². The molecule has 0 aliphatic heterocycles. The molecule has 1 aromatic rings. The molecule has 0 aromatic heterocycles. The molecule has 0 heterocycles. The number of rotatable bonds is 3. The van der Waals surface area contributed by atoms with Crippen LogP contribution in [0.5, 0.6) is 0 Å². The van der Waals surface area contributed by atoms with E-state index in [4.69, 9.17) is 4.43 Å². The van der Waals surface area contributed by atoms with Gasteiger partial charge in [-0.2, -0.15) is 0 Å². The molecule has 89 valence electrons. The summed E-state index contributed by atoms with van der Waals surface area (Å²) in [5, 5.41) is 1.48. The van der Waals surface area contributed by atoms with E-state index < -0.39 is 9.04 Å². The molecule has 0 atom stereocenters. The lowest BCUT2D eigenvalue weighted by Crippen LogP contribution is -2.28. The second-order valence-corrected chi connectivity index (χ2v) is 6.97. The van der Waals surface area contributed by atoms with E-state index in [-0.39, 0.29) is 0 Å². The van der Waals surface area contributed by atoms with Crippen LogP contribution in [0.25, 0.3) is 11.3 Å². The van der Waals surface area contributed by atoms with Crippen molar-refractivity contribution in [2.75, 3.05) is 0 Å². The van der Waals surface area contributed by atoms with Gasteiger partial charge in [-0.1, -0.05) is 49.6 Å². The van der Waals surface area contributed by atoms with Crippen molar-refractivity contribution in [2.45, 2.75) is 44.8 Å². The lowest BCUT2D eigenvalue weighted by molar-refractivity contribution is 0.158. The molecule has 1 saturated carbocycles. The highest BCUT2D eigenvalue weighted by Crippen LogP contribution is 2.35. The first-order valence-corrected chi connectivity index (χ1v) is 8.57. The molecule has 0 bridgehead atoms. The zero-order chi connectivity index (χ0) is 11.7. The second kappa shape index (κ2) is 4.79. The van der Waals surface area contributed by atoms with E-state index in [1.165, 1.54) is 48.4 Å². The minimum Gasteiger partial charge on any atom is -0.409 e. The van der Waals surface area contributed by atoms with Crippen LogP contribution in [0.4, 0.5) is 0 Å². The molecule has 0 unspecified atom stereocenters. The van der Waals surface area contributed by atoms with Crippen molar-refractivity contribution in [1.82, 2.24) is 0 Å². The van der Waals surface area contributed by atoms with Crippen LogP contribution in [0.1, 0.15) is 43.2 Å². The minimum absolute atomic E-state index is 0.538. The van der Waals surface area contributed by atoms with Crippen molar-refractivity contribution < 1.29 is 4.43 Å². The summed E-state index contributed by atoms with van der Waals surface area (Å²) >= 11 is 0. The number of fused-ring (bicyclic) bond motifs is 1. The Morgan fingerprint density at radius 1 is 1.12 bits per heavy atom. The molecule has 0 saturated heterocycles. The van der Waals surface area contributed by atoms with Crippen LogP contribution >= 0.6 is 0 Å². The predicted molar refractivity (Wildman–Crippen MR) is 73.9 cm³/mol. The third-order valence-corrected chi connectivity index (χ3v) is 5.68. The quantitative estimate of drug-likeness (QED) is 0.728. The zero-order valence-corrected chi connectivity index (χ0v) is 11.4. The fraction of sp³-hybridized carbons (Fsp3) is 0.467. The summed E-state index contributed by atoms with van der Waals surface area (Å²) in [5.74, 6) is 0. The fourth-order valence-corrected chi connectivity index (χ4v) is 4.64. The van der Waals surface area contributed by atoms with Gasteiger partial charge in [0.05, 0.1) is 0 Å². The Balaban J connectivity index is 1.63. The molecule has 1 nitrogen and oxygen atoms in total. The summed E-state index contributed by atoms with van der Waals surface area (Å²) in [4.78, 5) is 0. The molecule has 1 fully saturated rings. The van der Waals surface area contributed by atoms with Crippen LogP contribution in [-0.2, 0) is 4.43 Å². The van der Waals surface area contributed by atoms with Crippen LogP contribution in [0.3, 0.4) is 0 Å². The molecular weight excluding hydrogens is 224 g/mol. The minimum atomic E-state index is -0.781. The van der Waals surface area contributed by atoms with Crippen molar-refractivity contribution in [3.8, 4) is 0 Å². The summed E-state index contributed by atoms with van der Waals surface area (Å²) < 4.78 is 6.29. The molecule has 2 heteroatoms. The van der Waals surface area contributed by atoms with Crippen LogP contribution in [-0.4, -0.2) is 15.1 Å². The Morgan fingerprint density at radius 3 is 2.65 bits per heavy atom. The van der Waals surface area contributed by atoms with Gasteiger partial charge in [0, 0.05) is 6.10 Å². The average molecular weight is 243 g/mol. The summed E-state index contributed by atoms with van der Waals surface area (Å²) in [6.07, 6.45) is 9.51. The van der Waals surface area contributed by atoms with Gasteiger partial charge in [-0.3, -0.25) is 0 Å². The molecule has 0 N–H and O–H groups in total. The Kier molecular flexibility index (Phi) is 3.17. The van der Waals surface area contributed by atoms with Gasteiger partial charge in [-0.25, -0.2) is 0 Å². The molecule has 1 aromatic carbocycles. The van der Waals surface area contributed by atoms with Crippen molar-refractivity contribution in [1.29, 1.82) is 0 Å². The monoisotopic (exact) mass is 243 g/mol. The van der Waals surface area contributed by atoms with E-state index >= 15 is 0 Å². The molecular formula is C15H19OSi. The summed E-state index contributed by atoms with van der Waals surface area (Å²) in [6, 6.07) is 8.65. The number of benzene rings is 1. The third-order valence-electron chi connectivity index (χ3n) is 3.83. The van der Waals surface area contributed by atoms with Gasteiger partial charge >= 0.3 is 0 Å². The molecule has 2 aliphatic rings. The van der Waals surface area contributed by atoms with E-state index in [0.717, 1.165) is 0 Å². The maximum absolute atomic E-state index is 6.29. The van der Waals surface area contributed by atoms with Crippen molar-refractivity contribution >= 4 is 20.3 Å². The smallest absolute Gasteiger partial charge is 0.244 e. The summed E-state index contributed by atoms with van der Waals surface area (Å²) in [6.45, 7) is 2.29. The molecule has 17 heavy (non-hydrogen) atoms. The molecule has 2 aliphatic carbocycles. The summed E-state index contributed by atoms with van der Waals surface area (Å²) in [7, 11) is -0.781. The summed E-state index contributed by atoms with van der Waals surface area (Å²) in [5.41, 5.74) is 2.82. The Hall–Kier alpha value is -0.863. The average Bonchev–Trinajstić information content (AvgIpc) is 2.32. The molecule has 1 radical (unpaired) electrons. The van der Waals surface area contributed by atoms with Gasteiger partial charge in [0.25, 0.3) is 0 Å². The van der Waals surface area contributed by atoms with Gasteiger partial charge in [0.15, 0.2) is 0 Å². The highest BCUT2D eigenvalue weighted by atomic mass is 28.3. The largest absolute Gasteiger partial charge is 0.409 e. The topological polar surface area (TPSA) is 9.23 Å². The van der Waals surface area contributed by atoms with Crippen molar-refractivity contribution in [3.63, 3.8) is 0 Å². The maximum atomic E-state index is 6.29. The second-order valence-electron chi connectivity index (χ2n) is 5.08. The highest BCUT2D eigenvalue weighted by Gasteiger charge is 2.26. The Bertz CT molecular complexity index is 432. The SMILES string of the molecule is C[Si](OC1CCCCC1)C1=Cc2ccccc21. The van der Waals surface area contributed by atoms with Gasteiger partial charge < -0.3 is 4.43 Å². The van der Waals surface area contributed by atoms with E-state index in [0.29, 0.717) is 6.10 Å². The molecule has 0 spiro atoms. The molecule has 3 rings (SSSR count). The maximum Gasteiger partial charge on any atom is 0.244 e. The van der Waals surface area contributed by atoms with E-state index in [1.54, 1.807) is 0 Å². The lowest BCUT2D eigenvalue weighted by atomic mass is 9.98. The standard InChI is InChI=1S/C15H19OSi/c1-17(16-13-8-3-2-4-9-13)15-11-12-7-5-6-10-14(12)15/h5-7,10-11,13H,2-4,8-9H2,1H3. The van der Waals surface area contributed by atoms with Crippen molar-refractivity contribution in [2.24, 2.45) is 0 Å². The van der Waals surface area contributed by atoms with Crippen LogP contribution in [0.15, 0.2) is 24.3 Å².